The van der Waals surface area contributed by atoms with Gasteiger partial charge in [0.15, 0.2) is 0 Å². The van der Waals surface area contributed by atoms with Gasteiger partial charge in [0.1, 0.15) is 5.75 Å². The average Bonchev–Trinajstić information content (AvgIpc) is 2.76. The van der Waals surface area contributed by atoms with E-state index in [9.17, 15) is 9.46 Å². The van der Waals surface area contributed by atoms with Crippen molar-refractivity contribution in [2.75, 3.05) is 6.61 Å². The number of unbranched alkanes of at least 4 members (excludes halogenated alkanes) is 15. The molecular weight excluding hydrogens is 423 g/mol. The molecule has 0 aliphatic carbocycles. The Hall–Kier alpha value is -0.870. The fourth-order valence-corrected chi connectivity index (χ4v) is 4.60. The van der Waals surface area contributed by atoms with Gasteiger partial charge in [-0.3, -0.25) is 4.52 Å². The zero-order chi connectivity index (χ0) is 23.3. The van der Waals surface area contributed by atoms with E-state index < -0.39 is 14.1 Å². The maximum Gasteiger partial charge on any atom is 0.475 e. The largest absolute Gasteiger partial charge is 0.475 e. The molecule has 0 fully saturated rings. The van der Waals surface area contributed by atoms with Crippen molar-refractivity contribution < 1.29 is 23.2 Å². The predicted molar refractivity (Wildman–Crippen MR) is 133 cm³/mol. The summed E-state index contributed by atoms with van der Waals surface area (Å²) in [5.74, 6) is 0.581. The molecule has 1 aromatic rings. The fourth-order valence-electron chi connectivity index (χ4n) is 3.76. The number of ether oxygens (including phenoxy) is 1. The van der Waals surface area contributed by atoms with Gasteiger partial charge in [-0.25, -0.2) is 9.09 Å². The first kappa shape index (κ1) is 29.2. The van der Waals surface area contributed by atoms with Crippen LogP contribution < -0.4 is 4.74 Å². The van der Waals surface area contributed by atoms with Crippen LogP contribution in [0.1, 0.15) is 117 Å². The van der Waals surface area contributed by atoms with Crippen LogP contribution in [0, 0.1) is 0 Å². The number of rotatable bonds is 22. The van der Waals surface area contributed by atoms with Crippen molar-refractivity contribution in [3.05, 3.63) is 30.3 Å². The van der Waals surface area contributed by atoms with Crippen molar-refractivity contribution in [2.24, 2.45) is 0 Å². The number of benzene rings is 1. The number of hydrogen-bond donors (Lipinski definition) is 1. The Bertz CT molecular complexity index is 581. The van der Waals surface area contributed by atoms with Gasteiger partial charge < -0.3 is 9.63 Å². The number of para-hydroxylation sites is 1. The first-order valence-electron chi connectivity index (χ1n) is 12.9. The van der Waals surface area contributed by atoms with Crippen LogP contribution in [0.5, 0.6) is 5.75 Å². The highest BCUT2D eigenvalue weighted by Gasteiger charge is 2.25. The minimum absolute atomic E-state index is 0.226. The molecule has 6 heteroatoms. The van der Waals surface area contributed by atoms with Crippen LogP contribution in [0.2, 0.25) is 0 Å². The van der Waals surface area contributed by atoms with Gasteiger partial charge in [-0.1, -0.05) is 121 Å². The van der Waals surface area contributed by atoms with E-state index in [0.29, 0.717) is 5.75 Å². The lowest BCUT2D eigenvalue weighted by Gasteiger charge is -2.18. The summed E-state index contributed by atoms with van der Waals surface area (Å²) in [4.78, 5) is 9.82. The van der Waals surface area contributed by atoms with Crippen LogP contribution in [-0.2, 0) is 13.6 Å². The van der Waals surface area contributed by atoms with Crippen LogP contribution in [0.15, 0.2) is 30.3 Å². The van der Waals surface area contributed by atoms with Gasteiger partial charge in [0.25, 0.3) is 0 Å². The van der Waals surface area contributed by atoms with E-state index in [0.717, 1.165) is 19.3 Å². The minimum atomic E-state index is -4.10. The number of phosphoric acid groups is 1. The first-order chi connectivity index (χ1) is 15.5. The molecule has 1 rings (SSSR count). The standard InChI is InChI=1S/C26H47O5P/c1-3-4-5-6-7-8-9-10-11-12-13-14-15-16-17-21-24-29-32(27,28)31-25(2)30-26-22-19-18-20-23-26/h18-20,22-23,25H,3-17,21,24H2,1-2H3,(H,27,28). The summed E-state index contributed by atoms with van der Waals surface area (Å²) >= 11 is 0. The van der Waals surface area contributed by atoms with Crippen molar-refractivity contribution in [3.8, 4) is 5.75 Å². The van der Waals surface area contributed by atoms with E-state index >= 15 is 0 Å². The summed E-state index contributed by atoms with van der Waals surface area (Å²) in [5, 5.41) is 0. The molecular formula is C26H47O5P. The molecule has 1 N–H and O–H groups in total. The van der Waals surface area contributed by atoms with Crippen LogP contribution in [0.25, 0.3) is 0 Å². The monoisotopic (exact) mass is 470 g/mol. The third kappa shape index (κ3) is 17.7. The molecule has 1 aromatic carbocycles. The molecule has 186 valence electrons. The van der Waals surface area contributed by atoms with Gasteiger partial charge in [-0.05, 0) is 25.5 Å². The highest BCUT2D eigenvalue weighted by atomic mass is 31.2. The molecule has 0 radical (unpaired) electrons. The van der Waals surface area contributed by atoms with Gasteiger partial charge in [0.2, 0.25) is 6.29 Å². The quantitative estimate of drug-likeness (QED) is 0.104. The molecule has 32 heavy (non-hydrogen) atoms. The SMILES string of the molecule is CCCCCCCCCCCCCCCCCCOP(=O)(O)OC(C)Oc1ccccc1. The summed E-state index contributed by atoms with van der Waals surface area (Å²) in [7, 11) is -4.10. The third-order valence-corrected chi connectivity index (χ3v) is 6.65. The normalized spacial score (nSPS) is 14.2. The third-order valence-electron chi connectivity index (χ3n) is 5.58. The maximum atomic E-state index is 12.0. The first-order valence-corrected chi connectivity index (χ1v) is 14.4. The van der Waals surface area contributed by atoms with Crippen LogP contribution in [0.4, 0.5) is 0 Å². The van der Waals surface area contributed by atoms with Crippen LogP contribution >= 0.6 is 7.82 Å². The lowest BCUT2D eigenvalue weighted by atomic mass is 10.0. The summed E-state index contributed by atoms with van der Waals surface area (Å²) < 4.78 is 27.6. The van der Waals surface area contributed by atoms with Crippen molar-refractivity contribution in [2.45, 2.75) is 123 Å². The summed E-state index contributed by atoms with van der Waals surface area (Å²) in [5.41, 5.74) is 0. The highest BCUT2D eigenvalue weighted by Crippen LogP contribution is 2.44. The Labute approximate surface area is 196 Å². The zero-order valence-electron chi connectivity index (χ0n) is 20.5. The van der Waals surface area contributed by atoms with Gasteiger partial charge in [-0.15, -0.1) is 0 Å². The van der Waals surface area contributed by atoms with Crippen molar-refractivity contribution in [3.63, 3.8) is 0 Å². The molecule has 0 bridgehead atoms. The Morgan fingerprint density at radius 3 is 1.66 bits per heavy atom. The summed E-state index contributed by atoms with van der Waals surface area (Å²) in [6, 6.07) is 9.05. The maximum absolute atomic E-state index is 12.0. The number of phosphoric ester groups is 1. The second kappa shape index (κ2) is 19.6. The van der Waals surface area contributed by atoms with E-state index in [4.69, 9.17) is 13.8 Å². The van der Waals surface area contributed by atoms with Gasteiger partial charge in [-0.2, -0.15) is 0 Å². The van der Waals surface area contributed by atoms with E-state index in [-0.39, 0.29) is 6.61 Å². The van der Waals surface area contributed by atoms with E-state index in [2.05, 4.69) is 6.92 Å². The zero-order valence-corrected chi connectivity index (χ0v) is 21.4. The van der Waals surface area contributed by atoms with Gasteiger partial charge in [0.05, 0.1) is 6.61 Å². The molecule has 0 heterocycles. The second-order valence-corrected chi connectivity index (χ2v) is 10.1. The Morgan fingerprint density at radius 2 is 1.19 bits per heavy atom. The van der Waals surface area contributed by atoms with Crippen molar-refractivity contribution >= 4 is 7.82 Å². The lowest BCUT2D eigenvalue weighted by Crippen LogP contribution is -2.15. The molecule has 0 aromatic heterocycles. The van der Waals surface area contributed by atoms with E-state index in [1.807, 2.05) is 18.2 Å². The van der Waals surface area contributed by atoms with E-state index in [1.165, 1.54) is 83.5 Å². The smallest absolute Gasteiger partial charge is 0.465 e. The van der Waals surface area contributed by atoms with Gasteiger partial charge >= 0.3 is 7.82 Å². The van der Waals surface area contributed by atoms with Gasteiger partial charge in [0, 0.05) is 0 Å². The van der Waals surface area contributed by atoms with Crippen molar-refractivity contribution in [1.29, 1.82) is 0 Å². The Kier molecular flexibility index (Phi) is 17.8. The molecule has 0 amide bonds. The number of hydrogen-bond acceptors (Lipinski definition) is 4. The molecule has 0 aliphatic rings. The fraction of sp³-hybridized carbons (Fsp3) is 0.769. The second-order valence-electron chi connectivity index (χ2n) is 8.71. The minimum Gasteiger partial charge on any atom is -0.465 e. The molecule has 5 nitrogen and oxygen atoms in total. The van der Waals surface area contributed by atoms with E-state index in [1.54, 1.807) is 19.1 Å². The molecule has 0 saturated carbocycles. The van der Waals surface area contributed by atoms with Crippen molar-refractivity contribution in [1.82, 2.24) is 0 Å². The lowest BCUT2D eigenvalue weighted by molar-refractivity contribution is -0.00901. The molecule has 0 spiro atoms. The molecule has 0 aliphatic heterocycles. The molecule has 2 atom stereocenters. The average molecular weight is 471 g/mol. The van der Waals surface area contributed by atoms with Crippen LogP contribution in [0.3, 0.4) is 0 Å². The summed E-state index contributed by atoms with van der Waals surface area (Å²) in [6.45, 7) is 4.07. The predicted octanol–water partition coefficient (Wildman–Crippen LogP) is 8.81. The molecule has 0 saturated heterocycles. The summed E-state index contributed by atoms with van der Waals surface area (Å²) in [6.07, 6.45) is 19.8. The topological polar surface area (TPSA) is 65.0 Å². The van der Waals surface area contributed by atoms with Crippen LogP contribution in [-0.4, -0.2) is 17.8 Å². The Balaban J connectivity index is 1.87. The highest BCUT2D eigenvalue weighted by molar-refractivity contribution is 7.47. The Morgan fingerprint density at radius 1 is 0.750 bits per heavy atom. The molecule has 2 unspecified atom stereocenters.